The van der Waals surface area contributed by atoms with E-state index in [-0.39, 0.29) is 5.97 Å². The minimum absolute atomic E-state index is 0.273. The van der Waals surface area contributed by atoms with Crippen LogP contribution in [-0.4, -0.2) is 51.2 Å². The van der Waals surface area contributed by atoms with Gasteiger partial charge in [0.25, 0.3) is 0 Å². The maximum Gasteiger partial charge on any atom is 0.337 e. The summed E-state index contributed by atoms with van der Waals surface area (Å²) in [4.78, 5) is 15.4. The molecule has 98 valence electrons. The van der Waals surface area contributed by atoms with Crippen LogP contribution in [0.4, 0.5) is 0 Å². The fourth-order valence-electron chi connectivity index (χ4n) is 2.22. The average Bonchev–Trinajstić information content (AvgIpc) is 2.41. The third-order valence-electron chi connectivity index (χ3n) is 3.49. The zero-order valence-electron chi connectivity index (χ0n) is 11.1. The molecule has 1 aromatic carbocycles. The largest absolute Gasteiger partial charge is 0.465 e. The van der Waals surface area contributed by atoms with Crippen LogP contribution >= 0.6 is 0 Å². The van der Waals surface area contributed by atoms with E-state index in [1.54, 1.807) is 4.90 Å². The Morgan fingerprint density at radius 1 is 1.28 bits per heavy atom. The minimum atomic E-state index is -0.273. The first-order valence-corrected chi connectivity index (χ1v) is 6.40. The number of benzene rings is 1. The summed E-state index contributed by atoms with van der Waals surface area (Å²) in [6.07, 6.45) is 0. The quantitative estimate of drug-likeness (QED) is 0.754. The van der Waals surface area contributed by atoms with Gasteiger partial charge in [0.15, 0.2) is 0 Å². The number of rotatable bonds is 3. The van der Waals surface area contributed by atoms with Gasteiger partial charge < -0.3 is 9.64 Å². The van der Waals surface area contributed by atoms with Crippen molar-refractivity contribution in [1.29, 1.82) is 0 Å². The Balaban J connectivity index is 1.92. The molecule has 0 spiro atoms. The van der Waals surface area contributed by atoms with Crippen molar-refractivity contribution in [3.05, 3.63) is 35.4 Å². The van der Waals surface area contributed by atoms with Crippen LogP contribution in [0.1, 0.15) is 15.9 Å². The molecule has 0 unspecified atom stereocenters. The molecule has 0 radical (unpaired) electrons. The molecule has 1 fully saturated rings. The standard InChI is InChI=1S/C14H20N2O2/c1-15-7-9-16(10-8-15)11-12-3-5-13(6-4-12)14(17)18-2/h3-6H,7-11H2,1-2H3/p+1. The Morgan fingerprint density at radius 2 is 1.89 bits per heavy atom. The molecule has 0 aromatic heterocycles. The molecule has 0 bridgehead atoms. The highest BCUT2D eigenvalue weighted by Gasteiger charge is 2.16. The first-order valence-electron chi connectivity index (χ1n) is 6.40. The second-order valence-corrected chi connectivity index (χ2v) is 4.92. The van der Waals surface area contributed by atoms with Crippen molar-refractivity contribution in [1.82, 2.24) is 4.90 Å². The maximum atomic E-state index is 11.3. The molecule has 1 N–H and O–H groups in total. The van der Waals surface area contributed by atoms with Crippen LogP contribution in [0.3, 0.4) is 0 Å². The van der Waals surface area contributed by atoms with Crippen molar-refractivity contribution in [3.8, 4) is 0 Å². The first kappa shape index (κ1) is 13.1. The van der Waals surface area contributed by atoms with E-state index in [2.05, 4.69) is 16.7 Å². The van der Waals surface area contributed by atoms with Gasteiger partial charge in [0.05, 0.1) is 32.8 Å². The van der Waals surface area contributed by atoms with Gasteiger partial charge in [-0.05, 0) is 17.7 Å². The zero-order chi connectivity index (χ0) is 13.0. The summed E-state index contributed by atoms with van der Waals surface area (Å²) in [6.45, 7) is 5.67. The van der Waals surface area contributed by atoms with Gasteiger partial charge in [0.2, 0.25) is 0 Å². The number of methoxy groups -OCH3 is 1. The molecule has 18 heavy (non-hydrogen) atoms. The molecule has 0 aliphatic carbocycles. The minimum Gasteiger partial charge on any atom is -0.465 e. The van der Waals surface area contributed by atoms with Crippen molar-refractivity contribution in [2.45, 2.75) is 6.54 Å². The van der Waals surface area contributed by atoms with Crippen LogP contribution < -0.4 is 4.90 Å². The Labute approximate surface area is 108 Å². The van der Waals surface area contributed by atoms with Gasteiger partial charge in [-0.3, -0.25) is 4.90 Å². The molecule has 1 saturated heterocycles. The second-order valence-electron chi connectivity index (χ2n) is 4.92. The van der Waals surface area contributed by atoms with E-state index < -0.39 is 0 Å². The lowest BCUT2D eigenvalue weighted by Gasteiger charge is -2.29. The van der Waals surface area contributed by atoms with Crippen molar-refractivity contribution in [2.24, 2.45) is 0 Å². The number of likely N-dealkylation sites (N-methyl/N-ethyl adjacent to an activating group) is 1. The van der Waals surface area contributed by atoms with Crippen LogP contribution in [0, 0.1) is 0 Å². The maximum absolute atomic E-state index is 11.3. The molecule has 4 heteroatoms. The van der Waals surface area contributed by atoms with Crippen LogP contribution in [0.2, 0.25) is 0 Å². The van der Waals surface area contributed by atoms with Crippen molar-refractivity contribution >= 4 is 5.97 Å². The summed E-state index contributed by atoms with van der Waals surface area (Å²) in [7, 11) is 3.64. The van der Waals surface area contributed by atoms with Crippen LogP contribution in [0.25, 0.3) is 0 Å². The predicted molar refractivity (Wildman–Crippen MR) is 69.7 cm³/mol. The molecule has 1 heterocycles. The lowest BCUT2D eigenvalue weighted by molar-refractivity contribution is -0.884. The van der Waals surface area contributed by atoms with E-state index in [1.165, 1.54) is 25.8 Å². The number of piperazine rings is 1. The molecule has 2 rings (SSSR count). The Morgan fingerprint density at radius 3 is 2.44 bits per heavy atom. The third-order valence-corrected chi connectivity index (χ3v) is 3.49. The number of hydrogen-bond acceptors (Lipinski definition) is 3. The summed E-state index contributed by atoms with van der Waals surface area (Å²) in [5.74, 6) is -0.273. The van der Waals surface area contributed by atoms with Crippen LogP contribution in [-0.2, 0) is 11.3 Å². The highest BCUT2D eigenvalue weighted by atomic mass is 16.5. The van der Waals surface area contributed by atoms with E-state index in [1.807, 2.05) is 24.3 Å². The zero-order valence-corrected chi connectivity index (χ0v) is 11.1. The van der Waals surface area contributed by atoms with Gasteiger partial charge in [0.1, 0.15) is 0 Å². The van der Waals surface area contributed by atoms with Crippen molar-refractivity contribution < 1.29 is 14.4 Å². The molecular formula is C14H21N2O2+. The number of nitrogens with one attached hydrogen (secondary N) is 1. The summed E-state index contributed by atoms with van der Waals surface area (Å²) in [6, 6.07) is 7.69. The van der Waals surface area contributed by atoms with Crippen molar-refractivity contribution in [3.63, 3.8) is 0 Å². The molecule has 1 aromatic rings. The van der Waals surface area contributed by atoms with Crippen LogP contribution in [0.5, 0.6) is 0 Å². The van der Waals surface area contributed by atoms with Gasteiger partial charge in [-0.1, -0.05) is 12.1 Å². The molecule has 1 aliphatic heterocycles. The van der Waals surface area contributed by atoms with E-state index in [0.29, 0.717) is 5.56 Å². The molecule has 1 aliphatic rings. The molecule has 4 nitrogen and oxygen atoms in total. The normalized spacial score (nSPS) is 17.7. The van der Waals surface area contributed by atoms with Gasteiger partial charge in [-0.2, -0.15) is 0 Å². The molecule has 0 amide bonds. The SMILES string of the molecule is COC(=O)c1ccc(CN2CC[NH+](C)CC2)cc1. The summed E-state index contributed by atoms with van der Waals surface area (Å²) < 4.78 is 4.69. The lowest BCUT2D eigenvalue weighted by Crippen LogP contribution is -3.11. The predicted octanol–water partition coefficient (Wildman–Crippen LogP) is -0.196. The number of quaternary nitrogens is 1. The Hall–Kier alpha value is -1.39. The first-order chi connectivity index (χ1) is 8.69. The fraction of sp³-hybridized carbons (Fsp3) is 0.500. The van der Waals surface area contributed by atoms with E-state index in [9.17, 15) is 4.79 Å². The van der Waals surface area contributed by atoms with Crippen molar-refractivity contribution in [2.75, 3.05) is 40.3 Å². The monoisotopic (exact) mass is 249 g/mol. The fourth-order valence-corrected chi connectivity index (χ4v) is 2.22. The number of ether oxygens (including phenoxy) is 1. The summed E-state index contributed by atoms with van der Waals surface area (Å²) in [5.41, 5.74) is 1.87. The lowest BCUT2D eigenvalue weighted by atomic mass is 10.1. The summed E-state index contributed by atoms with van der Waals surface area (Å²) in [5, 5.41) is 0. The Kier molecular flexibility index (Phi) is 4.33. The van der Waals surface area contributed by atoms with E-state index >= 15 is 0 Å². The highest BCUT2D eigenvalue weighted by molar-refractivity contribution is 5.89. The third kappa shape index (κ3) is 3.31. The number of hydrogen-bond donors (Lipinski definition) is 1. The Bertz CT molecular complexity index is 395. The molecule has 0 saturated carbocycles. The van der Waals surface area contributed by atoms with Gasteiger partial charge >= 0.3 is 5.97 Å². The highest BCUT2D eigenvalue weighted by Crippen LogP contribution is 2.08. The van der Waals surface area contributed by atoms with E-state index in [4.69, 9.17) is 0 Å². The second kappa shape index (κ2) is 5.98. The number of carbonyl (C=O) groups is 1. The van der Waals surface area contributed by atoms with Crippen LogP contribution in [0.15, 0.2) is 24.3 Å². The average molecular weight is 249 g/mol. The van der Waals surface area contributed by atoms with E-state index in [0.717, 1.165) is 19.6 Å². The van der Waals surface area contributed by atoms with Gasteiger partial charge in [-0.25, -0.2) is 4.79 Å². The molecular weight excluding hydrogens is 228 g/mol. The van der Waals surface area contributed by atoms with Gasteiger partial charge in [0, 0.05) is 19.6 Å². The smallest absolute Gasteiger partial charge is 0.337 e. The number of carbonyl (C=O) groups excluding carboxylic acids is 1. The number of esters is 1. The molecule has 0 atom stereocenters. The summed E-state index contributed by atoms with van der Waals surface area (Å²) >= 11 is 0. The topological polar surface area (TPSA) is 34.0 Å². The number of nitrogens with zero attached hydrogens (tertiary/aromatic N) is 1. The van der Waals surface area contributed by atoms with Gasteiger partial charge in [-0.15, -0.1) is 0 Å².